The molecule has 0 saturated carbocycles. The Morgan fingerprint density at radius 1 is 0.638 bits per heavy atom. The van der Waals surface area contributed by atoms with Gasteiger partial charge in [-0.25, -0.2) is 0 Å². The molecule has 4 nitrogen and oxygen atoms in total. The molecule has 4 aromatic carbocycles. The summed E-state index contributed by atoms with van der Waals surface area (Å²) in [4.78, 5) is 8.91. The molecule has 1 radical (unpaired) electrons. The average Bonchev–Trinajstić information content (AvgIpc) is 3.71. The van der Waals surface area contributed by atoms with E-state index >= 15 is 0 Å². The van der Waals surface area contributed by atoms with Gasteiger partial charge in [-0.1, -0.05) is 104 Å². The summed E-state index contributed by atoms with van der Waals surface area (Å²) in [7, 11) is 0. The first-order valence-corrected chi connectivity index (χ1v) is 15.5. The Labute approximate surface area is 290 Å². The molecule has 4 heterocycles. The van der Waals surface area contributed by atoms with Crippen LogP contribution in [0.15, 0.2) is 130 Å². The van der Waals surface area contributed by atoms with E-state index in [0.29, 0.717) is 5.92 Å². The van der Waals surface area contributed by atoms with Gasteiger partial charge in [-0.15, -0.1) is 54.1 Å². The molecule has 0 N–H and O–H groups in total. The Hall–Kier alpha value is -4.83. The first-order chi connectivity index (χ1) is 22.8. The predicted octanol–water partition coefficient (Wildman–Crippen LogP) is 11.7. The van der Waals surface area contributed by atoms with E-state index in [4.69, 9.17) is 10.2 Å². The van der Waals surface area contributed by atoms with Crippen LogP contribution >= 0.6 is 0 Å². The molecule has 47 heavy (non-hydrogen) atoms. The van der Waals surface area contributed by atoms with Crippen LogP contribution in [0, 0.1) is 12.1 Å². The third kappa shape index (κ3) is 6.55. The average molecular weight is 792 g/mol. The Morgan fingerprint density at radius 2 is 1.36 bits per heavy atom. The van der Waals surface area contributed by atoms with Crippen molar-refractivity contribution in [3.63, 3.8) is 0 Å². The van der Waals surface area contributed by atoms with Gasteiger partial charge in [-0.05, 0) is 41.4 Å². The van der Waals surface area contributed by atoms with Crippen molar-refractivity contribution in [2.24, 2.45) is 0 Å². The van der Waals surface area contributed by atoms with Crippen molar-refractivity contribution < 1.29 is 30.3 Å². The normalized spacial score (nSPS) is 11.7. The molecule has 0 atom stereocenters. The quantitative estimate of drug-likeness (QED) is 0.163. The van der Waals surface area contributed by atoms with Crippen LogP contribution in [0.3, 0.4) is 0 Å². The van der Waals surface area contributed by atoms with Crippen molar-refractivity contribution in [3.05, 3.63) is 145 Å². The Kier molecular flexibility index (Phi) is 9.10. The third-order valence-corrected chi connectivity index (χ3v) is 8.17. The molecule has 0 fully saturated rings. The van der Waals surface area contributed by atoms with Crippen molar-refractivity contribution in [1.82, 2.24) is 9.97 Å². The molecule has 0 amide bonds. The van der Waals surface area contributed by atoms with Crippen LogP contribution < -0.4 is 0 Å². The number of hydrogen-bond donors (Lipinski definition) is 0. The van der Waals surface area contributed by atoms with Gasteiger partial charge in [0.1, 0.15) is 5.76 Å². The summed E-state index contributed by atoms with van der Waals surface area (Å²) in [5.74, 6) is 0.671. The van der Waals surface area contributed by atoms with Crippen molar-refractivity contribution in [3.8, 4) is 33.8 Å². The largest absolute Gasteiger partial charge is 0.497 e. The van der Waals surface area contributed by atoms with Gasteiger partial charge in [0.15, 0.2) is 11.2 Å². The van der Waals surface area contributed by atoms with E-state index in [0.717, 1.165) is 72.3 Å². The van der Waals surface area contributed by atoms with Crippen molar-refractivity contribution in [2.45, 2.75) is 39.5 Å². The minimum Gasteiger partial charge on any atom is -0.497 e. The van der Waals surface area contributed by atoms with Crippen LogP contribution in [0.4, 0.5) is 0 Å². The van der Waals surface area contributed by atoms with Gasteiger partial charge in [0.05, 0.1) is 5.58 Å². The van der Waals surface area contributed by atoms with E-state index in [1.165, 1.54) is 5.56 Å². The van der Waals surface area contributed by atoms with Crippen LogP contribution in [0.2, 0.25) is 0 Å². The fourth-order valence-electron chi connectivity index (χ4n) is 5.61. The van der Waals surface area contributed by atoms with Crippen LogP contribution in [0.1, 0.15) is 52.0 Å². The second-order valence-electron chi connectivity index (χ2n) is 11.9. The van der Waals surface area contributed by atoms with Crippen LogP contribution in [-0.4, -0.2) is 9.97 Å². The second kappa shape index (κ2) is 13.9. The molecule has 0 bridgehead atoms. The molecule has 8 rings (SSSR count). The van der Waals surface area contributed by atoms with Crippen molar-refractivity contribution >= 4 is 32.9 Å². The van der Waals surface area contributed by atoms with Gasteiger partial charge in [-0.2, -0.15) is 0 Å². The molecule has 235 valence electrons. The molecule has 0 aliphatic rings. The van der Waals surface area contributed by atoms with Crippen LogP contribution in [-0.2, 0) is 20.1 Å². The smallest absolute Gasteiger partial charge is 0.176 e. The van der Waals surface area contributed by atoms with Gasteiger partial charge in [-0.3, -0.25) is 0 Å². The topological polar surface area (TPSA) is 52.1 Å². The first-order valence-electron chi connectivity index (χ1n) is 16.0. The minimum absolute atomic E-state index is 0. The third-order valence-electron chi connectivity index (χ3n) is 8.17. The van der Waals surface area contributed by atoms with Gasteiger partial charge >= 0.3 is 0 Å². The number of nitrogens with zero attached hydrogens (tertiary/aromatic N) is 2. The first kappa shape index (κ1) is 30.8. The number of rotatable bonds is 5. The monoisotopic (exact) mass is 792 g/mol. The maximum Gasteiger partial charge on any atom is 0.176 e. The molecule has 0 aliphatic carbocycles. The zero-order valence-corrected chi connectivity index (χ0v) is 29.1. The SMILES string of the molecule is CC(C)c1ccnc(-c2[c-]ccc3c2oc2c3ccc3cc(-c4ccccc4)oc32)c1.[2H]C(C)(C)c1ccnc(-c2[c-]cccc2)c1.[Ir]. The molecule has 8 aromatic rings. The summed E-state index contributed by atoms with van der Waals surface area (Å²) < 4.78 is 20.7. The van der Waals surface area contributed by atoms with E-state index in [9.17, 15) is 0 Å². The van der Waals surface area contributed by atoms with Gasteiger partial charge in [0, 0.05) is 50.2 Å². The summed E-state index contributed by atoms with van der Waals surface area (Å²) in [5, 5.41) is 3.10. The summed E-state index contributed by atoms with van der Waals surface area (Å²) in [6, 6.07) is 42.6. The fourth-order valence-corrected chi connectivity index (χ4v) is 5.61. The molecule has 0 unspecified atom stereocenters. The van der Waals surface area contributed by atoms with Gasteiger partial charge in [0.25, 0.3) is 0 Å². The van der Waals surface area contributed by atoms with E-state index in [1.54, 1.807) is 6.20 Å². The van der Waals surface area contributed by atoms with E-state index in [1.807, 2.05) is 98.9 Å². The second-order valence-corrected chi connectivity index (χ2v) is 11.9. The number of furan rings is 2. The van der Waals surface area contributed by atoms with E-state index in [-0.39, 0.29) is 20.1 Å². The molecule has 5 heteroatoms. The number of hydrogen-bond acceptors (Lipinski definition) is 4. The summed E-state index contributed by atoms with van der Waals surface area (Å²) >= 11 is 0. The molecule has 0 saturated heterocycles. The Bertz CT molecular complexity index is 2320. The zero-order chi connectivity index (χ0) is 32.5. The minimum atomic E-state index is -0.591. The van der Waals surface area contributed by atoms with Crippen molar-refractivity contribution in [1.29, 1.82) is 0 Å². The Morgan fingerprint density at radius 3 is 2.11 bits per heavy atom. The number of pyridine rings is 2. The molecule has 4 aromatic heterocycles. The summed E-state index contributed by atoms with van der Waals surface area (Å²) in [6.45, 7) is 8.12. The number of aromatic nitrogens is 2. The zero-order valence-electron chi connectivity index (χ0n) is 27.7. The van der Waals surface area contributed by atoms with E-state index in [2.05, 4.69) is 66.3 Å². The van der Waals surface area contributed by atoms with Crippen LogP contribution in [0.5, 0.6) is 0 Å². The summed E-state index contributed by atoms with van der Waals surface area (Å²) in [6.07, 6.45) is 3.61. The van der Waals surface area contributed by atoms with E-state index < -0.39 is 5.89 Å². The Balaban J connectivity index is 0.000000201. The maximum absolute atomic E-state index is 7.99. The number of fused-ring (bicyclic) bond motifs is 5. The maximum atomic E-state index is 7.99. The van der Waals surface area contributed by atoms with Crippen LogP contribution in [0.25, 0.3) is 66.7 Å². The molecule has 0 spiro atoms. The fraction of sp³-hybridized carbons (Fsp3) is 0.143. The van der Waals surface area contributed by atoms with Gasteiger partial charge < -0.3 is 18.8 Å². The predicted molar refractivity (Wildman–Crippen MR) is 188 cm³/mol. The van der Waals surface area contributed by atoms with Crippen molar-refractivity contribution in [2.75, 3.05) is 0 Å². The standard InChI is InChI=1S/C28H20NO2.C14H14N.Ir/c1-17(2)19-13-14-29-24(15-19)23-10-6-9-21-22-12-11-20-16-25(18-7-4-3-5-8-18)30-26(20)28(22)31-27(21)23;1-11(2)13-8-9-15-14(10-13)12-6-4-3-5-7-12;/h3-9,11-17H,1-2H3;3-6,8-11H,1-2H3;/q2*-1;/i;11D;. The number of benzene rings is 4. The van der Waals surface area contributed by atoms with Gasteiger partial charge in [0.2, 0.25) is 0 Å². The molecular formula is C42H34IrN2O2-2. The molecular weight excluding hydrogens is 757 g/mol. The molecule has 0 aliphatic heterocycles. The summed E-state index contributed by atoms with van der Waals surface area (Å²) in [5.41, 5.74) is 9.16.